The van der Waals surface area contributed by atoms with Crippen LogP contribution in [0.4, 0.5) is 11.6 Å². The monoisotopic (exact) mass is 274 g/mol. The molecular weight excluding hydrogens is 256 g/mol. The lowest BCUT2D eigenvalue weighted by molar-refractivity contribution is 0.773. The molecule has 0 amide bonds. The molecule has 3 rings (SSSR count). The molecule has 0 aliphatic heterocycles. The van der Waals surface area contributed by atoms with Gasteiger partial charge < -0.3 is 10.2 Å². The molecule has 0 spiro atoms. The fourth-order valence-corrected chi connectivity index (χ4v) is 2.85. The Morgan fingerprint density at radius 2 is 2.26 bits per heavy atom. The van der Waals surface area contributed by atoms with E-state index in [-0.39, 0.29) is 0 Å². The zero-order valence-electron chi connectivity index (χ0n) is 11.3. The highest BCUT2D eigenvalue weighted by molar-refractivity contribution is 7.07. The Kier molecular flexibility index (Phi) is 3.38. The highest BCUT2D eigenvalue weighted by Crippen LogP contribution is 2.33. The molecule has 2 aromatic heterocycles. The van der Waals surface area contributed by atoms with E-state index in [1.54, 1.807) is 11.3 Å². The number of aryl methyl sites for hydroxylation is 1. The lowest BCUT2D eigenvalue weighted by Gasteiger charge is -2.23. The maximum Gasteiger partial charge on any atom is 0.134 e. The Labute approximate surface area is 117 Å². The van der Waals surface area contributed by atoms with E-state index in [1.165, 1.54) is 18.4 Å². The molecule has 1 aliphatic rings. The zero-order valence-corrected chi connectivity index (χ0v) is 12.1. The van der Waals surface area contributed by atoms with Crippen LogP contribution in [0.2, 0.25) is 0 Å². The maximum absolute atomic E-state index is 4.60. The minimum Gasteiger partial charge on any atom is -0.373 e. The van der Waals surface area contributed by atoms with Crippen molar-refractivity contribution in [1.29, 1.82) is 0 Å². The Balaban J connectivity index is 1.89. The molecule has 0 atom stereocenters. The van der Waals surface area contributed by atoms with Gasteiger partial charge in [0.1, 0.15) is 17.5 Å². The molecule has 2 aromatic rings. The number of hydrogen-bond acceptors (Lipinski definition) is 5. The summed E-state index contributed by atoms with van der Waals surface area (Å²) in [6.45, 7) is 2.88. The summed E-state index contributed by atoms with van der Waals surface area (Å²) < 4.78 is 0. The van der Waals surface area contributed by atoms with Crippen molar-refractivity contribution in [1.82, 2.24) is 9.97 Å². The summed E-state index contributed by atoms with van der Waals surface area (Å²) in [5, 5.41) is 7.45. The minimum atomic E-state index is 0.638. The molecule has 4 nitrogen and oxygen atoms in total. The van der Waals surface area contributed by atoms with Crippen molar-refractivity contribution in [3.8, 4) is 0 Å². The predicted molar refractivity (Wildman–Crippen MR) is 79.8 cm³/mol. The van der Waals surface area contributed by atoms with Crippen molar-refractivity contribution in [2.75, 3.05) is 17.3 Å². The average molecular weight is 274 g/mol. The van der Waals surface area contributed by atoms with Gasteiger partial charge in [-0.05, 0) is 42.2 Å². The third-order valence-electron chi connectivity index (χ3n) is 3.30. The predicted octanol–water partition coefficient (Wildman–Crippen LogP) is 3.06. The van der Waals surface area contributed by atoms with Crippen molar-refractivity contribution >= 4 is 23.0 Å². The van der Waals surface area contributed by atoms with Crippen LogP contribution >= 0.6 is 11.3 Å². The van der Waals surface area contributed by atoms with Crippen LogP contribution in [0.15, 0.2) is 22.9 Å². The van der Waals surface area contributed by atoms with Gasteiger partial charge in [0.15, 0.2) is 0 Å². The summed E-state index contributed by atoms with van der Waals surface area (Å²) in [5.74, 6) is 2.74. The highest BCUT2D eigenvalue weighted by atomic mass is 32.1. The summed E-state index contributed by atoms with van der Waals surface area (Å²) in [6, 6.07) is 4.86. The largest absolute Gasteiger partial charge is 0.373 e. The third kappa shape index (κ3) is 2.87. The molecule has 1 aliphatic carbocycles. The van der Waals surface area contributed by atoms with Gasteiger partial charge in [-0.15, -0.1) is 0 Å². The van der Waals surface area contributed by atoms with E-state index in [4.69, 9.17) is 0 Å². The number of thiophene rings is 1. The van der Waals surface area contributed by atoms with Gasteiger partial charge in [0.25, 0.3) is 0 Å². The molecule has 1 N–H and O–H groups in total. The van der Waals surface area contributed by atoms with E-state index in [0.717, 1.165) is 24.0 Å². The van der Waals surface area contributed by atoms with Crippen LogP contribution in [0.3, 0.4) is 0 Å². The van der Waals surface area contributed by atoms with Crippen LogP contribution in [-0.2, 0) is 6.54 Å². The van der Waals surface area contributed by atoms with Crippen LogP contribution in [0.25, 0.3) is 0 Å². The maximum atomic E-state index is 4.60. The summed E-state index contributed by atoms with van der Waals surface area (Å²) in [6.07, 6.45) is 2.53. The SMILES string of the molecule is CNc1cc(N(Cc2ccsc2)C2CC2)nc(C)n1. The van der Waals surface area contributed by atoms with E-state index in [1.807, 2.05) is 20.0 Å². The number of hydrogen-bond donors (Lipinski definition) is 1. The first kappa shape index (κ1) is 12.4. The van der Waals surface area contributed by atoms with E-state index < -0.39 is 0 Å². The summed E-state index contributed by atoms with van der Waals surface area (Å²) in [5.41, 5.74) is 1.36. The Bertz CT molecular complexity index is 549. The van der Waals surface area contributed by atoms with Crippen molar-refractivity contribution in [3.05, 3.63) is 34.3 Å². The van der Waals surface area contributed by atoms with Gasteiger partial charge in [-0.25, -0.2) is 9.97 Å². The van der Waals surface area contributed by atoms with Crippen molar-refractivity contribution in [2.45, 2.75) is 32.4 Å². The van der Waals surface area contributed by atoms with Crippen molar-refractivity contribution < 1.29 is 0 Å². The fourth-order valence-electron chi connectivity index (χ4n) is 2.19. The van der Waals surface area contributed by atoms with Gasteiger partial charge in [0.05, 0.1) is 0 Å². The zero-order chi connectivity index (χ0) is 13.2. The van der Waals surface area contributed by atoms with Crippen LogP contribution in [0, 0.1) is 6.92 Å². The molecule has 0 radical (unpaired) electrons. The molecule has 1 fully saturated rings. The van der Waals surface area contributed by atoms with Gasteiger partial charge in [-0.3, -0.25) is 0 Å². The quantitative estimate of drug-likeness (QED) is 0.910. The van der Waals surface area contributed by atoms with Crippen molar-refractivity contribution in [2.24, 2.45) is 0 Å². The van der Waals surface area contributed by atoms with Gasteiger partial charge in [-0.2, -0.15) is 11.3 Å². The normalized spacial score (nSPS) is 14.4. The number of nitrogens with one attached hydrogen (secondary N) is 1. The molecule has 0 aromatic carbocycles. The summed E-state index contributed by atoms with van der Waals surface area (Å²) in [7, 11) is 1.89. The summed E-state index contributed by atoms with van der Waals surface area (Å²) >= 11 is 1.75. The molecule has 2 heterocycles. The van der Waals surface area contributed by atoms with Crippen LogP contribution < -0.4 is 10.2 Å². The lowest BCUT2D eigenvalue weighted by atomic mass is 10.3. The molecule has 0 unspecified atom stereocenters. The van der Waals surface area contributed by atoms with E-state index in [9.17, 15) is 0 Å². The first-order valence-electron chi connectivity index (χ1n) is 6.57. The molecule has 0 saturated heterocycles. The van der Waals surface area contributed by atoms with Crippen LogP contribution in [0.1, 0.15) is 24.2 Å². The molecular formula is C14H18N4S. The van der Waals surface area contributed by atoms with Gasteiger partial charge in [-0.1, -0.05) is 0 Å². The average Bonchev–Trinajstić information content (AvgIpc) is 3.12. The Morgan fingerprint density at radius 3 is 2.89 bits per heavy atom. The van der Waals surface area contributed by atoms with Gasteiger partial charge in [0, 0.05) is 25.7 Å². The van der Waals surface area contributed by atoms with Gasteiger partial charge in [0.2, 0.25) is 0 Å². The second-order valence-electron chi connectivity index (χ2n) is 4.90. The fraction of sp³-hybridized carbons (Fsp3) is 0.429. The topological polar surface area (TPSA) is 41.0 Å². The lowest BCUT2D eigenvalue weighted by Crippen LogP contribution is -2.26. The standard InChI is InChI=1S/C14H18N4S/c1-10-16-13(15-2)7-14(17-10)18(12-3-4-12)8-11-5-6-19-9-11/h5-7,9,12H,3-4,8H2,1-2H3,(H,15,16,17). The minimum absolute atomic E-state index is 0.638. The third-order valence-corrected chi connectivity index (χ3v) is 4.03. The molecule has 19 heavy (non-hydrogen) atoms. The van der Waals surface area contributed by atoms with Crippen molar-refractivity contribution in [3.63, 3.8) is 0 Å². The smallest absolute Gasteiger partial charge is 0.134 e. The summed E-state index contributed by atoms with van der Waals surface area (Å²) in [4.78, 5) is 11.4. The Morgan fingerprint density at radius 1 is 1.42 bits per heavy atom. The molecule has 1 saturated carbocycles. The molecule has 0 bridgehead atoms. The molecule has 100 valence electrons. The number of aromatic nitrogens is 2. The first-order valence-corrected chi connectivity index (χ1v) is 7.51. The number of rotatable bonds is 5. The van der Waals surface area contributed by atoms with Crippen LogP contribution in [-0.4, -0.2) is 23.1 Å². The second-order valence-corrected chi connectivity index (χ2v) is 5.68. The number of anilines is 2. The van der Waals surface area contributed by atoms with E-state index in [0.29, 0.717) is 6.04 Å². The van der Waals surface area contributed by atoms with E-state index >= 15 is 0 Å². The van der Waals surface area contributed by atoms with Gasteiger partial charge >= 0.3 is 0 Å². The van der Waals surface area contributed by atoms with E-state index in [2.05, 4.69) is 37.0 Å². The molecule has 5 heteroatoms. The second kappa shape index (κ2) is 5.17. The van der Waals surface area contributed by atoms with Crippen LogP contribution in [0.5, 0.6) is 0 Å². The number of nitrogens with zero attached hydrogens (tertiary/aromatic N) is 3. The first-order chi connectivity index (χ1) is 9.26. The Hall–Kier alpha value is -1.62. The highest BCUT2D eigenvalue weighted by Gasteiger charge is 2.30.